The van der Waals surface area contributed by atoms with Crippen LogP contribution in [0.15, 0.2) is 61.1 Å². The van der Waals surface area contributed by atoms with Crippen LogP contribution in [0.3, 0.4) is 0 Å². The van der Waals surface area contributed by atoms with Gasteiger partial charge in [0.15, 0.2) is 5.65 Å². The molecular formula is C27H24FN5O3. The summed E-state index contributed by atoms with van der Waals surface area (Å²) < 4.78 is 19.9. The van der Waals surface area contributed by atoms with E-state index in [0.29, 0.717) is 38.2 Å². The number of rotatable bonds is 2. The Kier molecular flexibility index (Phi) is 5.59. The standard InChI is InChI=1S/C27H24FN5O3/c28-21-3-1-2-18(11-21)24-13-22(34)6-7-33(24)27(35)32-8-9-36-25-5-4-17(10-20(25)15-32)19-12-23-26(29-14-19)31-16-30-23/h1-5,10-12,14,16,24H,6-9,13,15H2,(H,29,30,31). The molecule has 1 unspecified atom stereocenters. The van der Waals surface area contributed by atoms with Crippen LogP contribution in [0.4, 0.5) is 9.18 Å². The number of fused-ring (bicyclic) bond motifs is 2. The molecule has 0 spiro atoms. The molecule has 0 radical (unpaired) electrons. The highest BCUT2D eigenvalue weighted by Gasteiger charge is 2.35. The van der Waals surface area contributed by atoms with E-state index >= 15 is 0 Å². The number of carbonyl (C=O) groups excluding carboxylic acids is 2. The number of aromatic amines is 1. The molecule has 6 rings (SSSR count). The molecule has 4 heterocycles. The van der Waals surface area contributed by atoms with Gasteiger partial charge in [-0.1, -0.05) is 18.2 Å². The Bertz CT molecular complexity index is 1470. The fraction of sp³-hybridized carbons (Fsp3) is 0.259. The number of halogens is 1. The SMILES string of the molecule is O=C1CCN(C(=O)N2CCOc3ccc(-c4cnc5[nH]cnc5c4)cc3C2)C(c2cccc(F)c2)C1. The maximum absolute atomic E-state index is 13.9. The summed E-state index contributed by atoms with van der Waals surface area (Å²) in [6.07, 6.45) is 3.88. The van der Waals surface area contributed by atoms with Crippen LogP contribution in [-0.4, -0.2) is 56.3 Å². The number of hydrogen-bond donors (Lipinski definition) is 1. The van der Waals surface area contributed by atoms with Gasteiger partial charge in [-0.25, -0.2) is 19.2 Å². The van der Waals surface area contributed by atoms with Crippen LogP contribution in [-0.2, 0) is 11.3 Å². The lowest BCUT2D eigenvalue weighted by Gasteiger charge is -2.38. The first-order valence-electron chi connectivity index (χ1n) is 11.9. The summed E-state index contributed by atoms with van der Waals surface area (Å²) in [6, 6.07) is 13.3. The van der Waals surface area contributed by atoms with Crippen molar-refractivity contribution >= 4 is 23.0 Å². The van der Waals surface area contributed by atoms with E-state index in [1.165, 1.54) is 12.1 Å². The van der Waals surface area contributed by atoms with Crippen molar-refractivity contribution < 1.29 is 18.7 Å². The average molecular weight is 486 g/mol. The summed E-state index contributed by atoms with van der Waals surface area (Å²) in [6.45, 7) is 1.43. The molecule has 2 aliphatic rings. The zero-order chi connectivity index (χ0) is 24.6. The molecule has 2 aromatic carbocycles. The first-order chi connectivity index (χ1) is 17.5. The van der Waals surface area contributed by atoms with Crippen LogP contribution >= 0.6 is 0 Å². The number of ketones is 1. The van der Waals surface area contributed by atoms with E-state index in [-0.39, 0.29) is 24.1 Å². The number of aromatic nitrogens is 3. The van der Waals surface area contributed by atoms with Gasteiger partial charge in [-0.05, 0) is 41.5 Å². The second kappa shape index (κ2) is 9.07. The van der Waals surface area contributed by atoms with Crippen LogP contribution in [0.2, 0.25) is 0 Å². The number of pyridine rings is 1. The molecule has 1 N–H and O–H groups in total. The minimum absolute atomic E-state index is 0.0741. The van der Waals surface area contributed by atoms with Gasteiger partial charge in [-0.3, -0.25) is 4.79 Å². The van der Waals surface area contributed by atoms with Crippen molar-refractivity contribution in [2.24, 2.45) is 0 Å². The smallest absolute Gasteiger partial charge is 0.320 e. The molecule has 1 atom stereocenters. The van der Waals surface area contributed by atoms with Crippen molar-refractivity contribution in [3.8, 4) is 16.9 Å². The third-order valence-corrected chi connectivity index (χ3v) is 6.82. The van der Waals surface area contributed by atoms with Crippen molar-refractivity contribution in [1.82, 2.24) is 24.8 Å². The van der Waals surface area contributed by atoms with E-state index in [0.717, 1.165) is 33.6 Å². The zero-order valence-electron chi connectivity index (χ0n) is 19.5. The van der Waals surface area contributed by atoms with Gasteiger partial charge in [0.25, 0.3) is 0 Å². The molecule has 0 bridgehead atoms. The van der Waals surface area contributed by atoms with Crippen molar-refractivity contribution in [3.63, 3.8) is 0 Å². The number of urea groups is 1. The normalized spacial score (nSPS) is 18.0. The Morgan fingerprint density at radius 2 is 2.00 bits per heavy atom. The number of amides is 2. The van der Waals surface area contributed by atoms with Crippen LogP contribution < -0.4 is 4.74 Å². The second-order valence-corrected chi connectivity index (χ2v) is 9.13. The number of imidazole rings is 1. The molecular weight excluding hydrogens is 461 g/mol. The predicted octanol–water partition coefficient (Wildman–Crippen LogP) is 4.48. The Morgan fingerprint density at radius 3 is 2.89 bits per heavy atom. The number of nitrogens with zero attached hydrogens (tertiary/aromatic N) is 4. The Morgan fingerprint density at radius 1 is 1.08 bits per heavy atom. The number of piperidine rings is 1. The fourth-order valence-electron chi connectivity index (χ4n) is 4.97. The van der Waals surface area contributed by atoms with Crippen LogP contribution in [0.25, 0.3) is 22.3 Å². The summed E-state index contributed by atoms with van der Waals surface area (Å²) >= 11 is 0. The highest BCUT2D eigenvalue weighted by Crippen LogP contribution is 2.33. The van der Waals surface area contributed by atoms with E-state index in [4.69, 9.17) is 4.74 Å². The molecule has 182 valence electrons. The largest absolute Gasteiger partial charge is 0.491 e. The Balaban J connectivity index is 1.28. The second-order valence-electron chi connectivity index (χ2n) is 9.13. The summed E-state index contributed by atoms with van der Waals surface area (Å²) in [5, 5.41) is 0. The van der Waals surface area contributed by atoms with Gasteiger partial charge in [-0.2, -0.15) is 0 Å². The predicted molar refractivity (Wildman–Crippen MR) is 131 cm³/mol. The maximum Gasteiger partial charge on any atom is 0.320 e. The number of H-pyrrole nitrogens is 1. The Labute approximate surface area is 206 Å². The minimum Gasteiger partial charge on any atom is -0.491 e. The molecule has 8 nitrogen and oxygen atoms in total. The van der Waals surface area contributed by atoms with E-state index in [9.17, 15) is 14.0 Å². The summed E-state index contributed by atoms with van der Waals surface area (Å²) in [4.78, 5) is 41.1. The summed E-state index contributed by atoms with van der Waals surface area (Å²) in [5.74, 6) is 0.424. The summed E-state index contributed by atoms with van der Waals surface area (Å²) in [5.41, 5.74) is 4.88. The highest BCUT2D eigenvalue weighted by atomic mass is 19.1. The fourth-order valence-corrected chi connectivity index (χ4v) is 4.97. The van der Waals surface area contributed by atoms with Gasteiger partial charge >= 0.3 is 6.03 Å². The van der Waals surface area contributed by atoms with Gasteiger partial charge in [0, 0.05) is 36.7 Å². The lowest BCUT2D eigenvalue weighted by atomic mass is 9.94. The first kappa shape index (κ1) is 22.2. The lowest BCUT2D eigenvalue weighted by Crippen LogP contribution is -2.48. The van der Waals surface area contributed by atoms with Gasteiger partial charge < -0.3 is 19.5 Å². The van der Waals surface area contributed by atoms with Crippen molar-refractivity contribution in [2.45, 2.75) is 25.4 Å². The molecule has 2 aromatic heterocycles. The van der Waals surface area contributed by atoms with Crippen LogP contribution in [0.5, 0.6) is 5.75 Å². The average Bonchev–Trinajstić information content (AvgIpc) is 3.26. The number of carbonyl (C=O) groups is 2. The molecule has 36 heavy (non-hydrogen) atoms. The van der Waals surface area contributed by atoms with E-state index in [1.807, 2.05) is 24.3 Å². The van der Waals surface area contributed by atoms with Crippen LogP contribution in [0.1, 0.15) is 30.0 Å². The van der Waals surface area contributed by atoms with E-state index in [2.05, 4.69) is 15.0 Å². The lowest BCUT2D eigenvalue weighted by molar-refractivity contribution is -0.122. The number of Topliss-reactive ketones (excluding diaryl/α,β-unsaturated/α-hetero) is 1. The van der Waals surface area contributed by atoms with Crippen molar-refractivity contribution in [2.75, 3.05) is 19.7 Å². The third kappa shape index (κ3) is 4.17. The third-order valence-electron chi connectivity index (χ3n) is 6.82. The number of nitrogens with one attached hydrogen (secondary N) is 1. The van der Waals surface area contributed by atoms with Crippen LogP contribution in [0, 0.1) is 5.82 Å². The van der Waals surface area contributed by atoms with Gasteiger partial charge in [0.2, 0.25) is 0 Å². The molecule has 0 aliphatic carbocycles. The van der Waals surface area contributed by atoms with Gasteiger partial charge in [0.05, 0.1) is 25.5 Å². The van der Waals surface area contributed by atoms with Crippen molar-refractivity contribution in [3.05, 3.63) is 78.0 Å². The number of benzene rings is 2. The summed E-state index contributed by atoms with van der Waals surface area (Å²) in [7, 11) is 0. The molecule has 9 heteroatoms. The number of likely N-dealkylation sites (tertiary alicyclic amines) is 1. The van der Waals surface area contributed by atoms with E-state index in [1.54, 1.807) is 34.5 Å². The molecule has 4 aromatic rings. The monoisotopic (exact) mass is 485 g/mol. The minimum atomic E-state index is -0.490. The first-order valence-corrected chi connectivity index (χ1v) is 11.9. The van der Waals surface area contributed by atoms with Crippen molar-refractivity contribution in [1.29, 1.82) is 0 Å². The molecule has 1 saturated heterocycles. The van der Waals surface area contributed by atoms with E-state index < -0.39 is 6.04 Å². The number of hydrogen-bond acceptors (Lipinski definition) is 5. The topological polar surface area (TPSA) is 91.4 Å². The maximum atomic E-state index is 13.9. The highest BCUT2D eigenvalue weighted by molar-refractivity contribution is 5.84. The Hall–Kier alpha value is -4.27. The quantitative estimate of drug-likeness (QED) is 0.452. The molecule has 1 fully saturated rings. The molecule has 2 amide bonds. The zero-order valence-corrected chi connectivity index (χ0v) is 19.5. The number of ether oxygens (including phenoxy) is 1. The molecule has 2 aliphatic heterocycles. The molecule has 0 saturated carbocycles. The van der Waals surface area contributed by atoms with Gasteiger partial charge in [0.1, 0.15) is 29.5 Å². The van der Waals surface area contributed by atoms with Gasteiger partial charge in [-0.15, -0.1) is 0 Å².